The van der Waals surface area contributed by atoms with E-state index in [0.717, 1.165) is 0 Å². The normalized spacial score (nSPS) is 9.95. The molecule has 0 fully saturated rings. The van der Waals surface area contributed by atoms with Gasteiger partial charge in [-0.05, 0) is 18.2 Å². The number of carbonyl (C=O) groups excluding carboxylic acids is 2. The molecule has 1 aromatic carbocycles. The number of benzene rings is 1. The van der Waals surface area contributed by atoms with Crippen LogP contribution in [0.5, 0.6) is 0 Å². The van der Waals surface area contributed by atoms with Gasteiger partial charge in [-0.25, -0.2) is 4.79 Å². The number of H-pyrrole nitrogens is 1. The second kappa shape index (κ2) is 5.21. The first kappa shape index (κ1) is 12.6. The Morgan fingerprint density at radius 3 is 2.84 bits per heavy atom. The van der Waals surface area contributed by atoms with Gasteiger partial charge < -0.3 is 15.8 Å². The molecule has 2 rings (SSSR count). The van der Waals surface area contributed by atoms with Crippen molar-refractivity contribution in [3.05, 3.63) is 41.7 Å². The molecule has 98 valence electrons. The quantitative estimate of drug-likeness (QED) is 0.714. The monoisotopic (exact) mass is 260 g/mol. The maximum absolute atomic E-state index is 11.9. The highest BCUT2D eigenvalue weighted by molar-refractivity contribution is 6.06. The van der Waals surface area contributed by atoms with Gasteiger partial charge in [0.05, 0.1) is 24.6 Å². The van der Waals surface area contributed by atoms with Gasteiger partial charge in [-0.2, -0.15) is 5.10 Å². The number of methoxy groups -OCH3 is 1. The van der Waals surface area contributed by atoms with E-state index in [0.29, 0.717) is 11.3 Å². The number of hydrogen-bond acceptors (Lipinski definition) is 5. The lowest BCUT2D eigenvalue weighted by atomic mass is 10.2. The third-order valence-corrected chi connectivity index (χ3v) is 2.44. The molecule has 0 radical (unpaired) electrons. The van der Waals surface area contributed by atoms with Crippen LogP contribution >= 0.6 is 0 Å². The van der Waals surface area contributed by atoms with E-state index in [1.54, 1.807) is 18.2 Å². The minimum atomic E-state index is -0.475. The van der Waals surface area contributed by atoms with Crippen LogP contribution < -0.4 is 11.1 Å². The van der Waals surface area contributed by atoms with Gasteiger partial charge in [0.25, 0.3) is 5.91 Å². The summed E-state index contributed by atoms with van der Waals surface area (Å²) in [6.45, 7) is 0. The van der Waals surface area contributed by atoms with Crippen LogP contribution in [0.3, 0.4) is 0 Å². The van der Waals surface area contributed by atoms with E-state index in [9.17, 15) is 9.59 Å². The Morgan fingerprint density at radius 1 is 1.42 bits per heavy atom. The summed E-state index contributed by atoms with van der Waals surface area (Å²) in [7, 11) is 1.29. The molecular formula is C12H12N4O3. The summed E-state index contributed by atoms with van der Waals surface area (Å²) >= 11 is 0. The van der Waals surface area contributed by atoms with E-state index in [1.165, 1.54) is 19.4 Å². The highest BCUT2D eigenvalue weighted by atomic mass is 16.5. The molecule has 0 aliphatic carbocycles. The van der Waals surface area contributed by atoms with Crippen LogP contribution in [0.15, 0.2) is 30.5 Å². The highest BCUT2D eigenvalue weighted by Gasteiger charge is 2.13. The molecule has 0 bridgehead atoms. The Labute approximate surface area is 108 Å². The van der Waals surface area contributed by atoms with Crippen LogP contribution in [0.4, 0.5) is 11.4 Å². The molecule has 4 N–H and O–H groups in total. The van der Waals surface area contributed by atoms with E-state index in [2.05, 4.69) is 20.3 Å². The molecule has 2 aromatic rings. The Hall–Kier alpha value is -2.83. The Bertz CT molecular complexity index is 621. The van der Waals surface area contributed by atoms with Crippen molar-refractivity contribution < 1.29 is 14.3 Å². The lowest BCUT2D eigenvalue weighted by molar-refractivity contribution is 0.0600. The van der Waals surface area contributed by atoms with Crippen molar-refractivity contribution in [2.75, 3.05) is 18.2 Å². The van der Waals surface area contributed by atoms with E-state index in [4.69, 9.17) is 5.73 Å². The van der Waals surface area contributed by atoms with Gasteiger partial charge in [0.1, 0.15) is 5.69 Å². The maximum atomic E-state index is 11.9. The van der Waals surface area contributed by atoms with E-state index >= 15 is 0 Å². The highest BCUT2D eigenvalue weighted by Crippen LogP contribution is 2.14. The summed E-state index contributed by atoms with van der Waals surface area (Å²) in [5.74, 6) is -0.908. The fraction of sp³-hybridized carbons (Fsp3) is 0.0833. The number of nitrogens with zero attached hydrogens (tertiary/aromatic N) is 1. The molecule has 0 aliphatic heterocycles. The van der Waals surface area contributed by atoms with Gasteiger partial charge in [-0.15, -0.1) is 0 Å². The molecule has 0 spiro atoms. The molecule has 0 unspecified atom stereocenters. The third kappa shape index (κ3) is 2.71. The number of rotatable bonds is 3. The molecule has 0 aliphatic rings. The summed E-state index contributed by atoms with van der Waals surface area (Å²) in [6, 6.07) is 6.39. The Morgan fingerprint density at radius 2 is 2.21 bits per heavy atom. The summed E-state index contributed by atoms with van der Waals surface area (Å²) in [5, 5.41) is 8.76. The van der Waals surface area contributed by atoms with Crippen LogP contribution in [-0.2, 0) is 4.74 Å². The number of nitrogens with one attached hydrogen (secondary N) is 2. The zero-order chi connectivity index (χ0) is 13.8. The van der Waals surface area contributed by atoms with E-state index in [-0.39, 0.29) is 11.4 Å². The second-order valence-corrected chi connectivity index (χ2v) is 3.73. The summed E-state index contributed by atoms with van der Waals surface area (Å²) < 4.78 is 4.60. The molecule has 0 atom stereocenters. The first-order valence-corrected chi connectivity index (χ1v) is 5.40. The van der Waals surface area contributed by atoms with Crippen LogP contribution in [0, 0.1) is 0 Å². The average Bonchev–Trinajstić information content (AvgIpc) is 2.84. The predicted octanol–water partition coefficient (Wildman–Crippen LogP) is 1.03. The molecule has 7 heteroatoms. The maximum Gasteiger partial charge on any atom is 0.337 e. The van der Waals surface area contributed by atoms with Crippen molar-refractivity contribution >= 4 is 23.3 Å². The van der Waals surface area contributed by atoms with Crippen LogP contribution in [0.1, 0.15) is 20.8 Å². The number of nitrogens with two attached hydrogens (primary N) is 1. The smallest absolute Gasteiger partial charge is 0.337 e. The van der Waals surface area contributed by atoms with Crippen molar-refractivity contribution in [2.45, 2.75) is 0 Å². The minimum Gasteiger partial charge on any atom is -0.465 e. The minimum absolute atomic E-state index is 0.170. The molecule has 1 amide bonds. The van der Waals surface area contributed by atoms with Crippen molar-refractivity contribution in [1.82, 2.24) is 10.2 Å². The number of ether oxygens (including phenoxy) is 1. The number of aromatic amines is 1. The number of anilines is 2. The van der Waals surface area contributed by atoms with Crippen LogP contribution in [-0.4, -0.2) is 29.2 Å². The van der Waals surface area contributed by atoms with Crippen molar-refractivity contribution in [3.8, 4) is 0 Å². The number of esters is 1. The Kier molecular flexibility index (Phi) is 3.46. The number of nitrogen functional groups attached to an aromatic ring is 1. The molecule has 1 heterocycles. The lowest BCUT2D eigenvalue weighted by Gasteiger charge is -2.06. The fourth-order valence-corrected chi connectivity index (χ4v) is 1.51. The summed E-state index contributed by atoms with van der Waals surface area (Å²) in [5.41, 5.74) is 6.79. The van der Waals surface area contributed by atoms with Crippen LogP contribution in [0.2, 0.25) is 0 Å². The van der Waals surface area contributed by atoms with E-state index < -0.39 is 11.9 Å². The Balaban J connectivity index is 2.18. The number of carbonyl (C=O) groups is 2. The molecule has 19 heavy (non-hydrogen) atoms. The van der Waals surface area contributed by atoms with Gasteiger partial charge in [0.15, 0.2) is 0 Å². The van der Waals surface area contributed by atoms with Gasteiger partial charge >= 0.3 is 5.97 Å². The summed E-state index contributed by atoms with van der Waals surface area (Å²) in [6.07, 6.45) is 1.35. The molecular weight excluding hydrogens is 248 g/mol. The molecule has 0 saturated heterocycles. The number of aromatic nitrogens is 2. The summed E-state index contributed by atoms with van der Waals surface area (Å²) in [4.78, 5) is 23.2. The SMILES string of the molecule is COC(=O)c1cccc(NC(=O)c2[nH]ncc2N)c1. The molecule has 0 saturated carbocycles. The second-order valence-electron chi connectivity index (χ2n) is 3.73. The zero-order valence-corrected chi connectivity index (χ0v) is 10.1. The predicted molar refractivity (Wildman–Crippen MR) is 68.7 cm³/mol. The lowest BCUT2D eigenvalue weighted by Crippen LogP contribution is -2.14. The topological polar surface area (TPSA) is 110 Å². The zero-order valence-electron chi connectivity index (χ0n) is 10.1. The van der Waals surface area contributed by atoms with E-state index in [1.807, 2.05) is 0 Å². The first-order chi connectivity index (χ1) is 9.11. The van der Waals surface area contributed by atoms with Crippen molar-refractivity contribution in [1.29, 1.82) is 0 Å². The third-order valence-electron chi connectivity index (χ3n) is 2.44. The van der Waals surface area contributed by atoms with Gasteiger partial charge in [-0.3, -0.25) is 9.89 Å². The average molecular weight is 260 g/mol. The van der Waals surface area contributed by atoms with Crippen LogP contribution in [0.25, 0.3) is 0 Å². The largest absolute Gasteiger partial charge is 0.465 e. The number of hydrogen-bond donors (Lipinski definition) is 3. The first-order valence-electron chi connectivity index (χ1n) is 5.40. The standard InChI is InChI=1S/C12H12N4O3/c1-19-12(18)7-3-2-4-8(5-7)15-11(17)10-9(13)6-14-16-10/h2-6H,13H2,1H3,(H,14,16)(H,15,17). The molecule has 1 aromatic heterocycles. The van der Waals surface area contributed by atoms with Gasteiger partial charge in [0, 0.05) is 5.69 Å². The molecule has 7 nitrogen and oxygen atoms in total. The van der Waals surface area contributed by atoms with Crippen molar-refractivity contribution in [3.63, 3.8) is 0 Å². The number of amides is 1. The van der Waals surface area contributed by atoms with Gasteiger partial charge in [-0.1, -0.05) is 6.07 Å². The van der Waals surface area contributed by atoms with Gasteiger partial charge in [0.2, 0.25) is 0 Å². The van der Waals surface area contributed by atoms with Crippen molar-refractivity contribution in [2.24, 2.45) is 0 Å². The fourth-order valence-electron chi connectivity index (χ4n) is 1.51.